The molecule has 0 unspecified atom stereocenters. The Kier molecular flexibility index (Phi) is 18.2. The van der Waals surface area contributed by atoms with E-state index in [4.69, 9.17) is 49.6 Å². The number of hydrogen-bond acceptors (Lipinski definition) is 11. The number of rotatable bonds is 20. The molecule has 0 aliphatic carbocycles. The van der Waals surface area contributed by atoms with Gasteiger partial charge in [-0.1, -0.05) is 0 Å². The Morgan fingerprint density at radius 2 is 0.564 bits per heavy atom. The Labute approximate surface area is 346 Å². The van der Waals surface area contributed by atoms with Crippen molar-refractivity contribution in [2.45, 2.75) is 219 Å². The van der Waals surface area contributed by atoms with E-state index in [1.54, 1.807) is 0 Å². The normalized spacial score (nSPS) is 31.2. The van der Waals surface area contributed by atoms with E-state index in [-0.39, 0.29) is 0 Å². The zero-order valence-electron chi connectivity index (χ0n) is 39.7. The van der Waals surface area contributed by atoms with Gasteiger partial charge >= 0.3 is 0 Å². The van der Waals surface area contributed by atoms with Crippen LogP contribution in [-0.4, -0.2) is 141 Å². The van der Waals surface area contributed by atoms with Gasteiger partial charge in [0.2, 0.25) is 0 Å². The first-order valence-electron chi connectivity index (χ1n) is 20.5. The predicted molar refractivity (Wildman–Crippen MR) is 246 cm³/mol. The van der Waals surface area contributed by atoms with Crippen molar-refractivity contribution in [3.05, 3.63) is 0 Å². The van der Waals surface area contributed by atoms with Crippen molar-refractivity contribution in [3.8, 4) is 0 Å². The first-order valence-corrected chi connectivity index (χ1v) is 47.8. The molecule has 2 rings (SSSR count). The third-order valence-corrected chi connectivity index (χ3v) is 15.7. The Balaban J connectivity index is 2.93. The summed E-state index contributed by atoms with van der Waals surface area (Å²) in [6.45, 7) is 53.5. The lowest BCUT2D eigenvalue weighted by Crippen LogP contribution is -2.70. The maximum atomic E-state index is 7.46. The quantitative estimate of drug-likeness (QED) is 0.109. The first-order chi connectivity index (χ1) is 24.2. The highest BCUT2D eigenvalue weighted by Crippen LogP contribution is 2.39. The molecule has 0 N–H and O–H groups in total. The molecular weight excluding hydrogens is 833 g/mol. The van der Waals surface area contributed by atoms with Gasteiger partial charge in [-0.2, -0.15) is 0 Å². The second-order valence-corrected chi connectivity index (χ2v) is 59.0. The SMILES string of the molecule is C[Si](C)(C)OC[C@H]1O[C@@H](O[C@H]2[C@H](O[Si](C)(C)C)[C@@H](O[Si](C)(C)C)[C@H](O[Si](C)(C)C)O[C@@H]2CO[Si](C)(C)C)[C@H](O[Si](C)(C)C)[C@@H](O[Si](C)(C)C)[C@H]1O[Si](C)(C)C. The van der Waals surface area contributed by atoms with E-state index in [9.17, 15) is 0 Å². The molecule has 0 aromatic carbocycles. The second kappa shape index (κ2) is 19.1. The van der Waals surface area contributed by atoms with Crippen LogP contribution >= 0.6 is 0 Å². The van der Waals surface area contributed by atoms with Crippen molar-refractivity contribution < 1.29 is 49.6 Å². The Morgan fingerprint density at radius 3 is 0.909 bits per heavy atom. The molecule has 0 amide bonds. The summed E-state index contributed by atoms with van der Waals surface area (Å²) in [6.07, 6.45) is -5.61. The van der Waals surface area contributed by atoms with Gasteiger partial charge < -0.3 is 49.6 Å². The summed E-state index contributed by atoms with van der Waals surface area (Å²) in [5.74, 6) is 0. The zero-order chi connectivity index (χ0) is 43.0. The molecule has 0 radical (unpaired) electrons. The first kappa shape index (κ1) is 52.4. The molecule has 19 heteroatoms. The summed E-state index contributed by atoms with van der Waals surface area (Å²) < 4.78 is 77.4. The minimum Gasteiger partial charge on any atom is -0.415 e. The van der Waals surface area contributed by atoms with E-state index < -0.39 is 128 Å². The maximum absolute atomic E-state index is 7.46. The van der Waals surface area contributed by atoms with Crippen LogP contribution in [-0.2, 0) is 49.6 Å². The summed E-state index contributed by atoms with van der Waals surface area (Å²) in [5.41, 5.74) is 0. The number of ether oxygens (including phenoxy) is 3. The van der Waals surface area contributed by atoms with Gasteiger partial charge in [-0.15, -0.1) is 0 Å². The van der Waals surface area contributed by atoms with Gasteiger partial charge in [0.15, 0.2) is 79.1 Å². The smallest absolute Gasteiger partial charge is 0.187 e. The Bertz CT molecular complexity index is 1180. The Morgan fingerprint density at radius 1 is 0.291 bits per heavy atom. The van der Waals surface area contributed by atoms with E-state index in [0.29, 0.717) is 13.2 Å². The van der Waals surface area contributed by atoms with Crippen molar-refractivity contribution in [3.63, 3.8) is 0 Å². The van der Waals surface area contributed by atoms with Crippen molar-refractivity contribution in [2.24, 2.45) is 0 Å². The van der Waals surface area contributed by atoms with Gasteiger partial charge in [-0.3, -0.25) is 0 Å². The highest BCUT2D eigenvalue weighted by atomic mass is 28.4. The average molecular weight is 920 g/mol. The molecule has 2 saturated heterocycles. The van der Waals surface area contributed by atoms with Gasteiger partial charge in [0.1, 0.15) is 48.8 Å². The van der Waals surface area contributed by atoms with Gasteiger partial charge in [0.05, 0.1) is 13.2 Å². The van der Waals surface area contributed by atoms with Crippen LogP contribution in [0.5, 0.6) is 0 Å². The molecule has 55 heavy (non-hydrogen) atoms. The molecular formula is C36H86O11Si8. The lowest BCUT2D eigenvalue weighted by Gasteiger charge is -2.54. The van der Waals surface area contributed by atoms with Crippen LogP contribution in [0.4, 0.5) is 0 Å². The minimum atomic E-state index is -2.23. The van der Waals surface area contributed by atoms with Crippen LogP contribution in [0.1, 0.15) is 0 Å². The molecule has 0 saturated carbocycles. The molecule has 2 aliphatic rings. The van der Waals surface area contributed by atoms with E-state index in [0.717, 1.165) is 0 Å². The highest BCUT2D eigenvalue weighted by Gasteiger charge is 2.57. The fourth-order valence-electron chi connectivity index (χ4n) is 6.26. The van der Waals surface area contributed by atoms with E-state index in [1.165, 1.54) is 0 Å². The highest BCUT2D eigenvalue weighted by molar-refractivity contribution is 6.72. The van der Waals surface area contributed by atoms with Crippen LogP contribution in [0, 0.1) is 0 Å². The monoisotopic (exact) mass is 918 g/mol. The summed E-state index contributed by atoms with van der Waals surface area (Å²) in [4.78, 5) is 0. The fourth-order valence-corrected chi connectivity index (χ4v) is 13.9. The van der Waals surface area contributed by atoms with Crippen molar-refractivity contribution >= 4 is 66.5 Å². The second-order valence-electron chi connectivity index (χ2n) is 23.2. The molecule has 2 fully saturated rings. The largest absolute Gasteiger partial charge is 0.415 e. The third kappa shape index (κ3) is 20.6. The van der Waals surface area contributed by atoms with Crippen LogP contribution < -0.4 is 0 Å². The topological polar surface area (TPSA) is 102 Å². The lowest BCUT2D eigenvalue weighted by atomic mass is 9.97. The molecule has 2 aliphatic heterocycles. The van der Waals surface area contributed by atoms with Gasteiger partial charge in [-0.25, -0.2) is 0 Å². The molecule has 2 heterocycles. The van der Waals surface area contributed by atoms with E-state index in [1.807, 2.05) is 0 Å². The third-order valence-electron chi connectivity index (χ3n) is 7.75. The minimum absolute atomic E-state index is 0.321. The molecule has 0 aromatic heterocycles. The summed E-state index contributed by atoms with van der Waals surface area (Å²) in [5, 5.41) is 0. The van der Waals surface area contributed by atoms with Crippen LogP contribution in [0.15, 0.2) is 0 Å². The molecule has 0 bridgehead atoms. The predicted octanol–water partition coefficient (Wildman–Crippen LogP) is 9.48. The standard InChI is InChI=1S/C36H86O11Si8/c1-48(2,3)37-25-27-29(31(43-51(10,11)12)34(46-54(19,20)21)36(40-27)47-55(22,23)24)41-35-33(45-53(16,17)18)32(44-52(13,14)15)30(42-50(7,8)9)28(39-35)26-38-49(4,5)6/h27-36H,25-26H2,1-24H3/t27-,28-,29-,30+,31+,32+,33-,34-,35+,36+/m1/s1. The van der Waals surface area contributed by atoms with Crippen molar-refractivity contribution in [2.75, 3.05) is 13.2 Å². The molecule has 0 aromatic rings. The maximum Gasteiger partial charge on any atom is 0.187 e. The molecule has 11 nitrogen and oxygen atoms in total. The van der Waals surface area contributed by atoms with E-state index in [2.05, 4.69) is 157 Å². The van der Waals surface area contributed by atoms with Gasteiger partial charge in [0, 0.05) is 0 Å². The summed E-state index contributed by atoms with van der Waals surface area (Å²) in [7, 11) is -17.0. The fraction of sp³-hybridized carbons (Fsp3) is 1.00. The van der Waals surface area contributed by atoms with Crippen molar-refractivity contribution in [1.82, 2.24) is 0 Å². The molecule has 328 valence electrons. The Hall–Kier alpha value is 1.30. The summed E-state index contributed by atoms with van der Waals surface area (Å²) >= 11 is 0. The zero-order valence-corrected chi connectivity index (χ0v) is 47.7. The lowest BCUT2D eigenvalue weighted by molar-refractivity contribution is -0.344. The van der Waals surface area contributed by atoms with Crippen LogP contribution in [0.3, 0.4) is 0 Å². The average Bonchev–Trinajstić information content (AvgIpc) is 2.88. The number of hydrogen-bond donors (Lipinski definition) is 0. The molecule has 10 atom stereocenters. The van der Waals surface area contributed by atoms with Gasteiger partial charge in [0.25, 0.3) is 0 Å². The summed E-state index contributed by atoms with van der Waals surface area (Å²) in [6, 6.07) is 0. The van der Waals surface area contributed by atoms with Crippen LogP contribution in [0.2, 0.25) is 157 Å². The van der Waals surface area contributed by atoms with Crippen LogP contribution in [0.25, 0.3) is 0 Å². The van der Waals surface area contributed by atoms with Gasteiger partial charge in [-0.05, 0) is 157 Å². The van der Waals surface area contributed by atoms with E-state index >= 15 is 0 Å². The van der Waals surface area contributed by atoms with Crippen molar-refractivity contribution in [1.29, 1.82) is 0 Å². The molecule has 0 spiro atoms.